The molecule has 23 heavy (non-hydrogen) atoms. The molecule has 2 rings (SSSR count). The molecule has 0 unspecified atom stereocenters. The number of rotatable bonds is 3. The van der Waals surface area contributed by atoms with Crippen LogP contribution in [-0.2, 0) is 4.74 Å². The highest BCUT2D eigenvalue weighted by Gasteiger charge is 2.26. The number of carbonyl (C=O) groups is 1. The maximum absolute atomic E-state index is 13.7. The molecule has 0 aromatic heterocycles. The molecule has 0 atom stereocenters. The topological polar surface area (TPSA) is 73.6 Å². The number of hydrogen-bond donors (Lipinski definition) is 2. The van der Waals surface area contributed by atoms with Gasteiger partial charge in [-0.15, -0.1) is 0 Å². The first-order chi connectivity index (χ1) is 10.7. The molecule has 0 spiro atoms. The van der Waals surface area contributed by atoms with Crippen molar-refractivity contribution in [3.63, 3.8) is 0 Å². The monoisotopic (exact) mass is 324 g/mol. The number of anilines is 1. The maximum Gasteiger partial charge on any atom is 0.407 e. The smallest absolute Gasteiger partial charge is 0.407 e. The molecule has 1 saturated carbocycles. The van der Waals surface area contributed by atoms with Gasteiger partial charge in [-0.2, -0.15) is 0 Å². The SMILES string of the molecule is CC(C)(C)OC(=O)N[C@H]1CC[C@H](Oc2ccc(N)cc2F)CC1. The number of nitrogens with two attached hydrogens (primary N) is 1. The molecule has 0 saturated heterocycles. The van der Waals surface area contributed by atoms with Crippen molar-refractivity contribution in [3.8, 4) is 5.75 Å². The van der Waals surface area contributed by atoms with Gasteiger partial charge in [0, 0.05) is 17.8 Å². The molecular weight excluding hydrogens is 299 g/mol. The predicted molar refractivity (Wildman–Crippen MR) is 86.9 cm³/mol. The lowest BCUT2D eigenvalue weighted by Gasteiger charge is -2.30. The Morgan fingerprint density at radius 2 is 1.91 bits per heavy atom. The highest BCUT2D eigenvalue weighted by Crippen LogP contribution is 2.26. The fourth-order valence-electron chi connectivity index (χ4n) is 2.59. The zero-order valence-electron chi connectivity index (χ0n) is 13.9. The molecule has 5 nitrogen and oxygen atoms in total. The Balaban J connectivity index is 1.79. The van der Waals surface area contributed by atoms with Gasteiger partial charge in [-0.05, 0) is 58.6 Å². The van der Waals surface area contributed by atoms with E-state index in [1.54, 1.807) is 12.1 Å². The minimum atomic E-state index is -0.503. The molecule has 6 heteroatoms. The Hall–Kier alpha value is -1.98. The molecule has 1 aromatic rings. The molecule has 1 aliphatic rings. The largest absolute Gasteiger partial charge is 0.487 e. The van der Waals surface area contributed by atoms with Crippen LogP contribution in [0.15, 0.2) is 18.2 Å². The van der Waals surface area contributed by atoms with Gasteiger partial charge in [-0.1, -0.05) is 0 Å². The van der Waals surface area contributed by atoms with Crippen molar-refractivity contribution in [1.82, 2.24) is 5.32 Å². The van der Waals surface area contributed by atoms with Crippen LogP contribution in [0.5, 0.6) is 5.75 Å². The van der Waals surface area contributed by atoms with E-state index in [9.17, 15) is 9.18 Å². The third kappa shape index (κ3) is 5.62. The Bertz CT molecular complexity index is 549. The Labute approximate surface area is 136 Å². The summed E-state index contributed by atoms with van der Waals surface area (Å²) in [5, 5.41) is 2.87. The van der Waals surface area contributed by atoms with Crippen LogP contribution in [0.1, 0.15) is 46.5 Å². The number of nitrogens with one attached hydrogen (secondary N) is 1. The molecule has 1 fully saturated rings. The Morgan fingerprint density at radius 1 is 1.26 bits per heavy atom. The molecule has 3 N–H and O–H groups in total. The fraction of sp³-hybridized carbons (Fsp3) is 0.588. The van der Waals surface area contributed by atoms with Crippen LogP contribution in [0.3, 0.4) is 0 Å². The quantitative estimate of drug-likeness (QED) is 0.833. The lowest BCUT2D eigenvalue weighted by molar-refractivity contribution is 0.0470. The minimum Gasteiger partial charge on any atom is -0.487 e. The summed E-state index contributed by atoms with van der Waals surface area (Å²) in [7, 11) is 0. The van der Waals surface area contributed by atoms with Crippen molar-refractivity contribution in [3.05, 3.63) is 24.0 Å². The average molecular weight is 324 g/mol. The van der Waals surface area contributed by atoms with E-state index < -0.39 is 17.5 Å². The number of hydrogen-bond acceptors (Lipinski definition) is 4. The first-order valence-electron chi connectivity index (χ1n) is 7.94. The maximum atomic E-state index is 13.7. The van der Waals surface area contributed by atoms with E-state index in [4.69, 9.17) is 15.2 Å². The molecule has 1 aliphatic carbocycles. The van der Waals surface area contributed by atoms with E-state index in [1.807, 2.05) is 20.8 Å². The van der Waals surface area contributed by atoms with Crippen molar-refractivity contribution in [2.75, 3.05) is 5.73 Å². The van der Waals surface area contributed by atoms with Gasteiger partial charge in [0.15, 0.2) is 11.6 Å². The molecule has 0 aliphatic heterocycles. The number of nitrogen functional groups attached to an aromatic ring is 1. The third-order valence-electron chi connectivity index (χ3n) is 3.64. The summed E-state index contributed by atoms with van der Waals surface area (Å²) >= 11 is 0. The summed E-state index contributed by atoms with van der Waals surface area (Å²) in [6.45, 7) is 5.50. The van der Waals surface area contributed by atoms with Gasteiger partial charge in [0.05, 0.1) is 6.10 Å². The second kappa shape index (κ2) is 7.06. The van der Waals surface area contributed by atoms with Crippen LogP contribution in [0.25, 0.3) is 0 Å². The molecule has 128 valence electrons. The molecule has 0 radical (unpaired) electrons. The van der Waals surface area contributed by atoms with E-state index in [2.05, 4.69) is 5.32 Å². The second-order valence-corrected chi connectivity index (χ2v) is 6.93. The van der Waals surface area contributed by atoms with Crippen molar-refractivity contribution < 1.29 is 18.7 Å². The Morgan fingerprint density at radius 3 is 2.48 bits per heavy atom. The van der Waals surface area contributed by atoms with E-state index in [1.165, 1.54) is 6.07 Å². The van der Waals surface area contributed by atoms with E-state index in [0.29, 0.717) is 5.69 Å². The first kappa shape index (κ1) is 17.4. The van der Waals surface area contributed by atoms with E-state index in [-0.39, 0.29) is 17.9 Å². The van der Waals surface area contributed by atoms with E-state index in [0.717, 1.165) is 25.7 Å². The van der Waals surface area contributed by atoms with Crippen LogP contribution in [0.2, 0.25) is 0 Å². The van der Waals surface area contributed by atoms with Crippen LogP contribution in [0, 0.1) is 5.82 Å². The van der Waals surface area contributed by atoms with Gasteiger partial charge in [0.1, 0.15) is 5.60 Å². The van der Waals surface area contributed by atoms with Crippen LogP contribution in [0.4, 0.5) is 14.9 Å². The van der Waals surface area contributed by atoms with Gasteiger partial charge in [-0.25, -0.2) is 9.18 Å². The van der Waals surface area contributed by atoms with Crippen molar-refractivity contribution in [1.29, 1.82) is 0 Å². The molecular formula is C17H25FN2O3. The lowest BCUT2D eigenvalue weighted by atomic mass is 9.93. The Kier molecular flexibility index (Phi) is 5.34. The minimum absolute atomic E-state index is 0.0511. The number of halogens is 1. The van der Waals surface area contributed by atoms with Crippen molar-refractivity contribution >= 4 is 11.8 Å². The van der Waals surface area contributed by atoms with Gasteiger partial charge in [-0.3, -0.25) is 0 Å². The normalized spacial score (nSPS) is 21.6. The standard InChI is InChI=1S/C17H25FN2O3/c1-17(2,3)23-16(21)20-12-5-7-13(8-6-12)22-15-9-4-11(19)10-14(15)18/h4,9-10,12-13H,5-8,19H2,1-3H3,(H,20,21)/t12-,13-. The summed E-state index contributed by atoms with van der Waals surface area (Å²) in [6.07, 6.45) is 2.62. The van der Waals surface area contributed by atoms with Crippen LogP contribution >= 0.6 is 0 Å². The zero-order chi connectivity index (χ0) is 17.0. The molecule has 1 amide bonds. The highest BCUT2D eigenvalue weighted by atomic mass is 19.1. The van der Waals surface area contributed by atoms with Gasteiger partial charge < -0.3 is 20.5 Å². The van der Waals surface area contributed by atoms with Crippen LogP contribution < -0.4 is 15.8 Å². The second-order valence-electron chi connectivity index (χ2n) is 6.93. The van der Waals surface area contributed by atoms with Crippen LogP contribution in [-0.4, -0.2) is 23.8 Å². The first-order valence-corrected chi connectivity index (χ1v) is 7.94. The van der Waals surface area contributed by atoms with Gasteiger partial charge >= 0.3 is 6.09 Å². The summed E-state index contributed by atoms with van der Waals surface area (Å²) in [4.78, 5) is 11.7. The molecule has 0 bridgehead atoms. The third-order valence-corrected chi connectivity index (χ3v) is 3.64. The molecule has 0 heterocycles. The van der Waals surface area contributed by atoms with Crippen molar-refractivity contribution in [2.24, 2.45) is 0 Å². The number of alkyl carbamates (subject to hydrolysis) is 1. The average Bonchev–Trinajstić information content (AvgIpc) is 2.42. The lowest BCUT2D eigenvalue weighted by Crippen LogP contribution is -2.42. The number of carbonyl (C=O) groups excluding carboxylic acids is 1. The van der Waals surface area contributed by atoms with E-state index >= 15 is 0 Å². The fourth-order valence-corrected chi connectivity index (χ4v) is 2.59. The summed E-state index contributed by atoms with van der Waals surface area (Å²) in [5.41, 5.74) is 5.39. The van der Waals surface area contributed by atoms with Crippen molar-refractivity contribution in [2.45, 2.75) is 64.2 Å². The predicted octanol–water partition coefficient (Wildman–Crippen LogP) is 3.62. The number of benzene rings is 1. The number of ether oxygens (including phenoxy) is 2. The summed E-state index contributed by atoms with van der Waals surface area (Å²) < 4.78 is 24.7. The molecule has 1 aromatic carbocycles. The van der Waals surface area contributed by atoms with Gasteiger partial charge in [0.25, 0.3) is 0 Å². The van der Waals surface area contributed by atoms with Gasteiger partial charge in [0.2, 0.25) is 0 Å². The number of amides is 1. The zero-order valence-corrected chi connectivity index (χ0v) is 13.9. The summed E-state index contributed by atoms with van der Waals surface area (Å²) in [6, 6.07) is 4.50. The summed E-state index contributed by atoms with van der Waals surface area (Å²) in [5.74, 6) is -0.221. The highest BCUT2D eigenvalue weighted by molar-refractivity contribution is 5.68.